The summed E-state index contributed by atoms with van der Waals surface area (Å²) < 4.78 is 4.93. The largest absolute Gasteiger partial charge is 0.309 e. The fourth-order valence-electron chi connectivity index (χ4n) is 10.3. The second-order valence-corrected chi connectivity index (χ2v) is 16.9. The Morgan fingerprint density at radius 3 is 1.34 bits per heavy atom. The van der Waals surface area contributed by atoms with Gasteiger partial charge in [0.2, 0.25) is 0 Å². The van der Waals surface area contributed by atoms with Crippen LogP contribution in [0.15, 0.2) is 243 Å². The maximum atomic E-state index is 2.49. The van der Waals surface area contributed by atoms with E-state index in [1.165, 1.54) is 110 Å². The molecule has 2 aromatic heterocycles. The van der Waals surface area contributed by atoms with E-state index in [9.17, 15) is 0 Å². The molecule has 2 heterocycles. The first-order valence-corrected chi connectivity index (χ1v) is 22.1. The van der Waals surface area contributed by atoms with Gasteiger partial charge < -0.3 is 9.13 Å². The van der Waals surface area contributed by atoms with E-state index in [1.807, 2.05) is 0 Å². The van der Waals surface area contributed by atoms with E-state index >= 15 is 0 Å². The Kier molecular flexibility index (Phi) is 8.25. The van der Waals surface area contributed by atoms with E-state index in [2.05, 4.69) is 252 Å². The van der Waals surface area contributed by atoms with E-state index in [4.69, 9.17) is 0 Å². The average Bonchev–Trinajstić information content (AvgIpc) is 3.88. The van der Waals surface area contributed by atoms with Crippen molar-refractivity contribution >= 4 is 65.2 Å². The standard InChI is InChI=1S/C62H40N2/c1-2-19-49(20-3-1)63-58-27-12-11-24-53(58)55-26-14-25-54(62(55)63)51-22-9-8-21-50(51)52-23-10-13-28-59(52)64-60-35-33-47(45-31-29-41-15-4-6-17-43(41)37-45)39-56(60)57-40-48(34-36-61(57)64)46-32-30-42-16-5-7-18-44(42)38-46/h1-40H. The number of rotatable bonds is 6. The maximum Gasteiger partial charge on any atom is 0.0619 e. The Bertz CT molecular complexity index is 3820. The number of fused-ring (bicyclic) bond motifs is 8. The molecule has 0 aliphatic heterocycles. The molecule has 0 amide bonds. The molecule has 0 spiro atoms. The summed E-state index contributed by atoms with van der Waals surface area (Å²) >= 11 is 0. The lowest BCUT2D eigenvalue weighted by molar-refractivity contribution is 1.18. The highest BCUT2D eigenvalue weighted by Gasteiger charge is 2.22. The lowest BCUT2D eigenvalue weighted by atomic mass is 9.92. The minimum Gasteiger partial charge on any atom is -0.309 e. The summed E-state index contributed by atoms with van der Waals surface area (Å²) in [7, 11) is 0. The third-order valence-electron chi connectivity index (χ3n) is 13.3. The third kappa shape index (κ3) is 5.73. The molecule has 2 heteroatoms. The molecule has 0 unspecified atom stereocenters. The lowest BCUT2D eigenvalue weighted by Crippen LogP contribution is -1.99. The number of para-hydroxylation sites is 4. The van der Waals surface area contributed by atoms with Gasteiger partial charge in [-0.15, -0.1) is 0 Å². The van der Waals surface area contributed by atoms with Crippen LogP contribution >= 0.6 is 0 Å². The molecule has 0 atom stereocenters. The smallest absolute Gasteiger partial charge is 0.0619 e. The Labute approximate surface area is 371 Å². The molecule has 0 saturated heterocycles. The Morgan fingerprint density at radius 2 is 0.688 bits per heavy atom. The van der Waals surface area contributed by atoms with Gasteiger partial charge in [0.1, 0.15) is 0 Å². The quantitative estimate of drug-likeness (QED) is 0.158. The van der Waals surface area contributed by atoms with Gasteiger partial charge in [-0.05, 0) is 116 Å². The van der Waals surface area contributed by atoms with Crippen molar-refractivity contribution < 1.29 is 0 Å². The highest BCUT2D eigenvalue weighted by molar-refractivity contribution is 6.16. The van der Waals surface area contributed by atoms with Gasteiger partial charge in [0.25, 0.3) is 0 Å². The first-order chi connectivity index (χ1) is 31.7. The van der Waals surface area contributed by atoms with Crippen LogP contribution in [0.1, 0.15) is 0 Å². The van der Waals surface area contributed by atoms with Crippen LogP contribution in [0.4, 0.5) is 0 Å². The zero-order valence-corrected chi connectivity index (χ0v) is 35.0. The predicted molar refractivity (Wildman–Crippen MR) is 272 cm³/mol. The van der Waals surface area contributed by atoms with Gasteiger partial charge in [-0.25, -0.2) is 0 Å². The zero-order valence-electron chi connectivity index (χ0n) is 35.0. The van der Waals surface area contributed by atoms with Crippen molar-refractivity contribution in [3.63, 3.8) is 0 Å². The van der Waals surface area contributed by atoms with Crippen molar-refractivity contribution in [3.8, 4) is 55.9 Å². The van der Waals surface area contributed by atoms with Crippen molar-refractivity contribution in [2.75, 3.05) is 0 Å². The molecule has 0 N–H and O–H groups in total. The Morgan fingerprint density at radius 1 is 0.234 bits per heavy atom. The normalized spacial score (nSPS) is 11.8. The lowest BCUT2D eigenvalue weighted by Gasteiger charge is -2.18. The summed E-state index contributed by atoms with van der Waals surface area (Å²) in [5, 5.41) is 9.93. The van der Waals surface area contributed by atoms with Gasteiger partial charge >= 0.3 is 0 Å². The number of nitrogens with zero attached hydrogens (tertiary/aromatic N) is 2. The highest BCUT2D eigenvalue weighted by Crippen LogP contribution is 2.45. The molecule has 298 valence electrons. The average molecular weight is 813 g/mol. The fourth-order valence-corrected chi connectivity index (χ4v) is 10.3. The van der Waals surface area contributed by atoms with Crippen LogP contribution in [0.2, 0.25) is 0 Å². The second-order valence-electron chi connectivity index (χ2n) is 16.9. The van der Waals surface area contributed by atoms with E-state index in [0.717, 1.165) is 11.4 Å². The summed E-state index contributed by atoms with van der Waals surface area (Å²) in [5.74, 6) is 0. The summed E-state index contributed by atoms with van der Waals surface area (Å²) in [4.78, 5) is 0. The van der Waals surface area contributed by atoms with Gasteiger partial charge in [0.05, 0.1) is 27.8 Å². The van der Waals surface area contributed by atoms with Crippen LogP contribution in [-0.2, 0) is 0 Å². The topological polar surface area (TPSA) is 9.86 Å². The van der Waals surface area contributed by atoms with Gasteiger partial charge in [0, 0.05) is 38.4 Å². The SMILES string of the molecule is c1ccc(-n2c3ccccc3c3cccc(-c4ccccc4-c4ccccc4-n4c5ccc(-c6ccc7ccccc7c6)cc5c5cc(-c6ccc7ccccc7c6)ccc54)c32)cc1. The minimum atomic E-state index is 1.14. The second kappa shape index (κ2) is 14.6. The molecule has 11 aromatic carbocycles. The molecule has 13 rings (SSSR count). The number of hydrogen-bond acceptors (Lipinski definition) is 0. The van der Waals surface area contributed by atoms with Crippen LogP contribution < -0.4 is 0 Å². The first kappa shape index (κ1) is 36.2. The molecular weight excluding hydrogens is 773 g/mol. The van der Waals surface area contributed by atoms with Crippen molar-refractivity contribution in [1.82, 2.24) is 9.13 Å². The third-order valence-corrected chi connectivity index (χ3v) is 13.3. The van der Waals surface area contributed by atoms with Gasteiger partial charge in [0.15, 0.2) is 0 Å². The number of hydrogen-bond donors (Lipinski definition) is 0. The van der Waals surface area contributed by atoms with Gasteiger partial charge in [-0.3, -0.25) is 0 Å². The van der Waals surface area contributed by atoms with E-state index in [-0.39, 0.29) is 0 Å². The van der Waals surface area contributed by atoms with Crippen molar-refractivity contribution in [2.45, 2.75) is 0 Å². The van der Waals surface area contributed by atoms with Crippen LogP contribution in [0.5, 0.6) is 0 Å². The van der Waals surface area contributed by atoms with Crippen LogP contribution in [0.3, 0.4) is 0 Å². The molecule has 0 bridgehead atoms. The van der Waals surface area contributed by atoms with Crippen molar-refractivity contribution in [2.24, 2.45) is 0 Å². The van der Waals surface area contributed by atoms with Gasteiger partial charge in [-0.1, -0.05) is 182 Å². The van der Waals surface area contributed by atoms with E-state index < -0.39 is 0 Å². The molecule has 13 aromatic rings. The van der Waals surface area contributed by atoms with E-state index in [1.54, 1.807) is 0 Å². The first-order valence-electron chi connectivity index (χ1n) is 22.1. The van der Waals surface area contributed by atoms with E-state index in [0.29, 0.717) is 0 Å². The highest BCUT2D eigenvalue weighted by atomic mass is 15.0. The van der Waals surface area contributed by atoms with Crippen molar-refractivity contribution in [3.05, 3.63) is 243 Å². The van der Waals surface area contributed by atoms with Crippen molar-refractivity contribution in [1.29, 1.82) is 0 Å². The summed E-state index contributed by atoms with van der Waals surface area (Å²) in [5.41, 5.74) is 16.6. The van der Waals surface area contributed by atoms with Crippen LogP contribution in [0, 0.1) is 0 Å². The fraction of sp³-hybridized carbons (Fsp3) is 0. The molecule has 2 nitrogen and oxygen atoms in total. The number of benzene rings is 11. The molecule has 64 heavy (non-hydrogen) atoms. The minimum absolute atomic E-state index is 1.14. The Hall–Kier alpha value is -8.46. The zero-order chi connectivity index (χ0) is 42.1. The molecule has 0 radical (unpaired) electrons. The summed E-state index contributed by atoms with van der Waals surface area (Å²) in [6.45, 7) is 0. The van der Waals surface area contributed by atoms with Crippen LogP contribution in [0.25, 0.3) is 121 Å². The maximum absolute atomic E-state index is 2.49. The molecule has 0 aliphatic carbocycles. The number of aromatic nitrogens is 2. The van der Waals surface area contributed by atoms with Crippen LogP contribution in [-0.4, -0.2) is 9.13 Å². The van der Waals surface area contributed by atoms with Gasteiger partial charge in [-0.2, -0.15) is 0 Å². The molecule has 0 aliphatic rings. The molecular formula is C62H40N2. The Balaban J connectivity index is 1.05. The molecule has 0 saturated carbocycles. The summed E-state index contributed by atoms with van der Waals surface area (Å²) in [6.07, 6.45) is 0. The monoisotopic (exact) mass is 812 g/mol. The summed E-state index contributed by atoms with van der Waals surface area (Å²) in [6, 6.07) is 89.2. The molecule has 0 fully saturated rings. The predicted octanol–water partition coefficient (Wildman–Crippen LogP) is 16.9.